The third-order valence-corrected chi connectivity index (χ3v) is 3.24. The molecule has 0 N–H and O–H groups in total. The molecule has 0 aliphatic carbocycles. The van der Waals surface area contributed by atoms with Crippen LogP contribution in [0.5, 0.6) is 5.75 Å². The Morgan fingerprint density at radius 1 is 1.39 bits per heavy atom. The van der Waals surface area contributed by atoms with Crippen molar-refractivity contribution in [3.63, 3.8) is 0 Å². The third kappa shape index (κ3) is 2.65. The molecule has 2 rings (SSSR count). The maximum absolute atomic E-state index is 8.82. The molecule has 0 amide bonds. The highest BCUT2D eigenvalue weighted by Gasteiger charge is 2.13. The second-order valence-electron chi connectivity index (χ2n) is 4.56. The lowest BCUT2D eigenvalue weighted by molar-refractivity contribution is 0.414. The van der Waals surface area contributed by atoms with Gasteiger partial charge in [-0.15, -0.1) is 0 Å². The van der Waals surface area contributed by atoms with Crippen molar-refractivity contribution in [3.8, 4) is 11.8 Å². The molecule has 1 heterocycles. The average Bonchev–Trinajstić information content (AvgIpc) is 2.93. The molecule has 94 valence electrons. The predicted octanol–water partition coefficient (Wildman–Crippen LogP) is 3.22. The maximum Gasteiger partial charge on any atom is 0.128 e. The van der Waals surface area contributed by atoms with Gasteiger partial charge < -0.3 is 9.64 Å². The molecule has 0 atom stereocenters. The van der Waals surface area contributed by atoms with Gasteiger partial charge in [-0.25, -0.2) is 0 Å². The fourth-order valence-corrected chi connectivity index (χ4v) is 2.26. The van der Waals surface area contributed by atoms with Gasteiger partial charge in [0.05, 0.1) is 13.2 Å². The maximum atomic E-state index is 8.82. The topological polar surface area (TPSA) is 36.3 Å². The number of methoxy groups -OCH3 is 1. The van der Waals surface area contributed by atoms with Crippen molar-refractivity contribution in [1.29, 1.82) is 5.26 Å². The standard InChI is InChI=1S/C15H18N2O/c1-12(11-16)9-13-5-6-14(10-15(13)18-2)17-7-3-4-8-17/h5-6,9-10H,3-4,7-8H2,1-2H3/b12-9-. The quantitative estimate of drug-likeness (QED) is 0.763. The summed E-state index contributed by atoms with van der Waals surface area (Å²) < 4.78 is 5.41. The summed E-state index contributed by atoms with van der Waals surface area (Å²) in [7, 11) is 1.67. The molecular formula is C15H18N2O. The molecule has 3 heteroatoms. The number of nitriles is 1. The number of allylic oxidation sites excluding steroid dienone is 1. The monoisotopic (exact) mass is 242 g/mol. The minimum Gasteiger partial charge on any atom is -0.496 e. The molecule has 0 spiro atoms. The summed E-state index contributed by atoms with van der Waals surface area (Å²) >= 11 is 0. The van der Waals surface area contributed by atoms with Gasteiger partial charge in [0, 0.05) is 36.0 Å². The summed E-state index contributed by atoms with van der Waals surface area (Å²) in [5, 5.41) is 8.82. The molecule has 1 aromatic carbocycles. The van der Waals surface area contributed by atoms with Crippen molar-refractivity contribution in [3.05, 3.63) is 29.3 Å². The molecule has 1 saturated heterocycles. The molecule has 18 heavy (non-hydrogen) atoms. The van der Waals surface area contributed by atoms with Gasteiger partial charge in [0.25, 0.3) is 0 Å². The van der Waals surface area contributed by atoms with Crippen molar-refractivity contribution in [1.82, 2.24) is 0 Å². The zero-order valence-electron chi connectivity index (χ0n) is 10.9. The van der Waals surface area contributed by atoms with Crippen LogP contribution in [-0.2, 0) is 0 Å². The molecule has 1 aliphatic heterocycles. The number of rotatable bonds is 3. The highest BCUT2D eigenvalue weighted by atomic mass is 16.5. The zero-order valence-corrected chi connectivity index (χ0v) is 10.9. The van der Waals surface area contributed by atoms with Gasteiger partial charge in [0.15, 0.2) is 0 Å². The molecule has 1 aliphatic rings. The second-order valence-corrected chi connectivity index (χ2v) is 4.56. The van der Waals surface area contributed by atoms with E-state index in [1.807, 2.05) is 12.1 Å². The average molecular weight is 242 g/mol. The van der Waals surface area contributed by atoms with Crippen molar-refractivity contribution in [2.45, 2.75) is 19.8 Å². The van der Waals surface area contributed by atoms with E-state index >= 15 is 0 Å². The van der Waals surface area contributed by atoms with Crippen LogP contribution in [0, 0.1) is 11.3 Å². The molecule has 0 unspecified atom stereocenters. The van der Waals surface area contributed by atoms with Gasteiger partial charge in [0.1, 0.15) is 5.75 Å². The van der Waals surface area contributed by atoms with Crippen LogP contribution < -0.4 is 9.64 Å². The van der Waals surface area contributed by atoms with Crippen LogP contribution in [0.15, 0.2) is 23.8 Å². The van der Waals surface area contributed by atoms with Crippen molar-refractivity contribution < 1.29 is 4.74 Å². The number of nitrogens with zero attached hydrogens (tertiary/aromatic N) is 2. The van der Waals surface area contributed by atoms with E-state index in [-0.39, 0.29) is 0 Å². The largest absolute Gasteiger partial charge is 0.496 e. The SMILES string of the molecule is COc1cc(N2CCCC2)ccc1/C=C(/C)C#N. The minimum absolute atomic E-state index is 0.683. The van der Waals surface area contributed by atoms with Crippen molar-refractivity contribution in [2.24, 2.45) is 0 Å². The van der Waals surface area contributed by atoms with Gasteiger partial charge in [0.2, 0.25) is 0 Å². The van der Waals surface area contributed by atoms with E-state index in [1.54, 1.807) is 14.0 Å². The first kappa shape index (κ1) is 12.5. The molecule has 1 aromatic rings. The van der Waals surface area contributed by atoms with Crippen LogP contribution in [0.4, 0.5) is 5.69 Å². The fourth-order valence-electron chi connectivity index (χ4n) is 2.26. The fraction of sp³-hybridized carbons (Fsp3) is 0.400. The second kappa shape index (κ2) is 5.59. The van der Waals surface area contributed by atoms with E-state index in [0.29, 0.717) is 5.57 Å². The number of anilines is 1. The Balaban J connectivity index is 2.31. The zero-order chi connectivity index (χ0) is 13.0. The Kier molecular flexibility index (Phi) is 3.88. The van der Waals surface area contributed by atoms with Crippen LogP contribution >= 0.6 is 0 Å². The van der Waals surface area contributed by atoms with Gasteiger partial charge in [-0.2, -0.15) is 5.26 Å². The summed E-state index contributed by atoms with van der Waals surface area (Å²) in [5.41, 5.74) is 2.85. The molecule has 0 radical (unpaired) electrons. The van der Waals surface area contributed by atoms with Crippen LogP contribution in [0.3, 0.4) is 0 Å². The first-order valence-corrected chi connectivity index (χ1v) is 6.26. The molecule has 0 saturated carbocycles. The number of hydrogen-bond acceptors (Lipinski definition) is 3. The van der Waals surface area contributed by atoms with Crippen LogP contribution in [0.2, 0.25) is 0 Å². The number of hydrogen-bond donors (Lipinski definition) is 0. The number of benzene rings is 1. The lowest BCUT2D eigenvalue weighted by atomic mass is 10.1. The highest BCUT2D eigenvalue weighted by molar-refractivity contribution is 5.66. The Hall–Kier alpha value is -1.95. The van der Waals surface area contributed by atoms with Crippen LogP contribution in [-0.4, -0.2) is 20.2 Å². The lowest BCUT2D eigenvalue weighted by Crippen LogP contribution is -2.17. The van der Waals surface area contributed by atoms with E-state index < -0.39 is 0 Å². The molecule has 0 bridgehead atoms. The Morgan fingerprint density at radius 2 is 2.11 bits per heavy atom. The van der Waals surface area contributed by atoms with Crippen molar-refractivity contribution in [2.75, 3.05) is 25.1 Å². The van der Waals surface area contributed by atoms with Crippen molar-refractivity contribution >= 4 is 11.8 Å². The molecule has 3 nitrogen and oxygen atoms in total. The predicted molar refractivity (Wildman–Crippen MR) is 73.7 cm³/mol. The molecular weight excluding hydrogens is 224 g/mol. The first-order valence-electron chi connectivity index (χ1n) is 6.26. The van der Waals surface area contributed by atoms with Crippen LogP contribution in [0.1, 0.15) is 25.3 Å². The van der Waals surface area contributed by atoms with E-state index in [4.69, 9.17) is 10.00 Å². The summed E-state index contributed by atoms with van der Waals surface area (Å²) in [5.74, 6) is 0.828. The molecule has 0 aromatic heterocycles. The summed E-state index contributed by atoms with van der Waals surface area (Å²) in [6, 6.07) is 8.31. The van der Waals surface area contributed by atoms with Gasteiger partial charge in [-0.05, 0) is 38.0 Å². The smallest absolute Gasteiger partial charge is 0.128 e. The third-order valence-electron chi connectivity index (χ3n) is 3.24. The summed E-state index contributed by atoms with van der Waals surface area (Å²) in [6.07, 6.45) is 4.38. The van der Waals surface area contributed by atoms with E-state index in [1.165, 1.54) is 18.5 Å². The normalized spacial score (nSPS) is 15.6. The Labute approximate surface area is 108 Å². The van der Waals surface area contributed by atoms with Crippen LogP contribution in [0.25, 0.3) is 6.08 Å². The summed E-state index contributed by atoms with van der Waals surface area (Å²) in [4.78, 5) is 2.37. The van der Waals surface area contributed by atoms with Gasteiger partial charge in [-0.3, -0.25) is 0 Å². The number of ether oxygens (including phenoxy) is 1. The Morgan fingerprint density at radius 3 is 2.72 bits per heavy atom. The minimum atomic E-state index is 0.683. The Bertz CT molecular complexity index is 494. The van der Waals surface area contributed by atoms with E-state index in [9.17, 15) is 0 Å². The van der Waals surface area contributed by atoms with E-state index in [0.717, 1.165) is 24.4 Å². The lowest BCUT2D eigenvalue weighted by Gasteiger charge is -2.19. The molecule has 1 fully saturated rings. The summed E-state index contributed by atoms with van der Waals surface area (Å²) in [6.45, 7) is 4.04. The van der Waals surface area contributed by atoms with Gasteiger partial charge >= 0.3 is 0 Å². The highest BCUT2D eigenvalue weighted by Crippen LogP contribution is 2.29. The first-order chi connectivity index (χ1) is 8.74. The van der Waals surface area contributed by atoms with Gasteiger partial charge in [-0.1, -0.05) is 0 Å². The van der Waals surface area contributed by atoms with E-state index in [2.05, 4.69) is 23.1 Å².